The average Bonchev–Trinajstić information content (AvgIpc) is 2.74. The summed E-state index contributed by atoms with van der Waals surface area (Å²) in [4.78, 5) is 0. The number of rotatable bonds is 4. The zero-order chi connectivity index (χ0) is 23.4. The minimum Gasteiger partial charge on any atom is -0.212 e. The Hall–Kier alpha value is -2.15. The van der Waals surface area contributed by atoms with Gasteiger partial charge in [0.25, 0.3) is 0 Å². The molecule has 0 unspecified atom stereocenters. The summed E-state index contributed by atoms with van der Waals surface area (Å²) in [5.74, 6) is 1.80. The molecule has 1 aliphatic rings. The molecule has 0 amide bonds. The van der Waals surface area contributed by atoms with Gasteiger partial charge in [0.1, 0.15) is 5.83 Å². The molecule has 0 radical (unpaired) electrons. The maximum atomic E-state index is 12.6. The van der Waals surface area contributed by atoms with E-state index in [1.165, 1.54) is 22.3 Å². The molecule has 0 N–H and O–H groups in total. The molecule has 0 saturated carbocycles. The summed E-state index contributed by atoms with van der Waals surface area (Å²) in [5.41, 5.74) is 6.82. The Bertz CT molecular complexity index is 837. The fourth-order valence-electron chi connectivity index (χ4n) is 3.29. The van der Waals surface area contributed by atoms with Crippen molar-refractivity contribution in [1.29, 1.82) is 0 Å². The van der Waals surface area contributed by atoms with Crippen LogP contribution in [-0.2, 0) is 6.42 Å². The van der Waals surface area contributed by atoms with Gasteiger partial charge < -0.3 is 0 Å². The molecule has 1 heteroatoms. The van der Waals surface area contributed by atoms with Gasteiger partial charge in [0.2, 0.25) is 0 Å². The monoisotopic (exact) mass is 422 g/mol. The van der Waals surface area contributed by atoms with Crippen LogP contribution in [0.4, 0.5) is 4.39 Å². The molecule has 0 spiro atoms. The lowest BCUT2D eigenvalue weighted by molar-refractivity contribution is 0.577. The van der Waals surface area contributed by atoms with Gasteiger partial charge >= 0.3 is 0 Å². The van der Waals surface area contributed by atoms with Crippen molar-refractivity contribution >= 4 is 0 Å². The summed E-state index contributed by atoms with van der Waals surface area (Å²) in [6, 6.07) is 17.5. The topological polar surface area (TPSA) is 0 Å². The fraction of sp³-hybridized carbons (Fsp3) is 0.467. The minimum absolute atomic E-state index is 0.0335. The molecule has 170 valence electrons. The van der Waals surface area contributed by atoms with Crippen molar-refractivity contribution < 1.29 is 4.39 Å². The van der Waals surface area contributed by atoms with E-state index >= 15 is 0 Å². The van der Waals surface area contributed by atoms with Crippen molar-refractivity contribution in [2.75, 3.05) is 0 Å². The molecule has 0 atom stereocenters. The van der Waals surface area contributed by atoms with E-state index in [1.807, 2.05) is 0 Å². The lowest BCUT2D eigenvalue weighted by Crippen LogP contribution is -1.95. The van der Waals surface area contributed by atoms with Crippen molar-refractivity contribution in [3.8, 4) is 0 Å². The van der Waals surface area contributed by atoms with Crippen molar-refractivity contribution in [2.45, 2.75) is 86.5 Å². The fourth-order valence-corrected chi connectivity index (χ4v) is 3.29. The number of halogens is 1. The molecule has 0 saturated heterocycles. The highest BCUT2D eigenvalue weighted by atomic mass is 19.1. The van der Waals surface area contributed by atoms with E-state index in [1.54, 1.807) is 6.08 Å². The van der Waals surface area contributed by atoms with E-state index in [2.05, 4.69) is 110 Å². The smallest absolute Gasteiger partial charge is 0.100 e. The van der Waals surface area contributed by atoms with Gasteiger partial charge in [0, 0.05) is 6.42 Å². The lowest BCUT2D eigenvalue weighted by Gasteiger charge is -2.10. The molecule has 31 heavy (non-hydrogen) atoms. The zero-order valence-corrected chi connectivity index (χ0v) is 21.0. The molecule has 0 nitrogen and oxygen atoms in total. The van der Waals surface area contributed by atoms with E-state index < -0.39 is 0 Å². The second-order valence-electron chi connectivity index (χ2n) is 9.31. The number of benzene rings is 2. The Morgan fingerprint density at radius 1 is 0.806 bits per heavy atom. The van der Waals surface area contributed by atoms with E-state index in [0.29, 0.717) is 24.2 Å². The van der Waals surface area contributed by atoms with E-state index in [0.717, 1.165) is 18.4 Å². The van der Waals surface area contributed by atoms with Gasteiger partial charge in [-0.15, -0.1) is 0 Å². The third kappa shape index (κ3) is 10.6. The van der Waals surface area contributed by atoms with Crippen molar-refractivity contribution in [1.82, 2.24) is 0 Å². The van der Waals surface area contributed by atoms with E-state index in [4.69, 9.17) is 0 Å². The van der Waals surface area contributed by atoms with Gasteiger partial charge in [-0.05, 0) is 65.9 Å². The summed E-state index contributed by atoms with van der Waals surface area (Å²) in [6.45, 7) is 17.4. The van der Waals surface area contributed by atoms with Crippen LogP contribution in [0.3, 0.4) is 0 Å². The van der Waals surface area contributed by atoms with Crippen LogP contribution >= 0.6 is 0 Å². The predicted molar refractivity (Wildman–Crippen MR) is 137 cm³/mol. The second kappa shape index (κ2) is 14.0. The van der Waals surface area contributed by atoms with Gasteiger partial charge in [-0.2, -0.15) is 0 Å². The Morgan fingerprint density at radius 3 is 1.81 bits per heavy atom. The highest BCUT2D eigenvalue weighted by molar-refractivity contribution is 5.27. The zero-order valence-electron chi connectivity index (χ0n) is 21.0. The first kappa shape index (κ1) is 26.9. The number of aryl methyl sites for hydroxylation is 2. The summed E-state index contributed by atoms with van der Waals surface area (Å²) in [7, 11) is 0. The highest BCUT2D eigenvalue weighted by Crippen LogP contribution is 2.22. The number of allylic oxidation sites excluding steroid dienone is 4. The average molecular weight is 423 g/mol. The normalized spacial score (nSPS) is 13.2. The van der Waals surface area contributed by atoms with Crippen LogP contribution in [0.2, 0.25) is 0 Å². The molecule has 2 aromatic carbocycles. The quantitative estimate of drug-likeness (QED) is 0.460. The summed E-state index contributed by atoms with van der Waals surface area (Å²) < 4.78 is 12.6. The second-order valence-corrected chi connectivity index (χ2v) is 9.31. The first-order valence-corrected chi connectivity index (χ1v) is 11.9. The van der Waals surface area contributed by atoms with Crippen molar-refractivity contribution in [2.24, 2.45) is 5.92 Å². The Kier molecular flexibility index (Phi) is 12.2. The molecule has 2 aromatic rings. The van der Waals surface area contributed by atoms with Gasteiger partial charge in [0.15, 0.2) is 0 Å². The van der Waals surface area contributed by atoms with Crippen LogP contribution in [0, 0.1) is 12.8 Å². The minimum atomic E-state index is 0.0335. The van der Waals surface area contributed by atoms with Gasteiger partial charge in [0.05, 0.1) is 0 Å². The lowest BCUT2D eigenvalue weighted by atomic mass is 9.97. The first-order chi connectivity index (χ1) is 14.6. The summed E-state index contributed by atoms with van der Waals surface area (Å²) in [6.07, 6.45) is 6.38. The van der Waals surface area contributed by atoms with E-state index in [-0.39, 0.29) is 5.83 Å². The van der Waals surface area contributed by atoms with Crippen LogP contribution < -0.4 is 0 Å². The molecule has 0 bridgehead atoms. The maximum Gasteiger partial charge on any atom is 0.100 e. The van der Waals surface area contributed by atoms with E-state index in [9.17, 15) is 4.39 Å². The molecule has 1 aliphatic carbocycles. The van der Waals surface area contributed by atoms with Crippen LogP contribution in [0.15, 0.2) is 72.1 Å². The van der Waals surface area contributed by atoms with Crippen molar-refractivity contribution in [3.05, 3.63) is 94.3 Å². The molecule has 0 heterocycles. The van der Waals surface area contributed by atoms with Gasteiger partial charge in [-0.1, -0.05) is 109 Å². The van der Waals surface area contributed by atoms with Crippen LogP contribution in [0.1, 0.15) is 95.4 Å². The van der Waals surface area contributed by atoms with Crippen LogP contribution in [0.25, 0.3) is 0 Å². The molecular formula is C30H43F. The number of hydrogen-bond acceptors (Lipinski definition) is 0. The Morgan fingerprint density at radius 2 is 1.39 bits per heavy atom. The Labute approximate surface area is 191 Å². The standard InChI is InChI=1S/C11H16.C10H14.C9H13F/c1-4-10-6-5-7-11(8-10)9(2)3;1-8(2)10-6-4-5-9(3)7-10;1-7(2)8-4-3-5-9(10)6-8/h5-9H,4H2,1-3H3;4-8H,1-3H3;4,6-7H,3,5H2,1-2H3. The summed E-state index contributed by atoms with van der Waals surface area (Å²) in [5, 5.41) is 0. The van der Waals surface area contributed by atoms with Gasteiger partial charge in [-0.3, -0.25) is 0 Å². The van der Waals surface area contributed by atoms with Crippen LogP contribution in [-0.4, -0.2) is 0 Å². The van der Waals surface area contributed by atoms with Gasteiger partial charge in [-0.25, -0.2) is 4.39 Å². The van der Waals surface area contributed by atoms with Crippen LogP contribution in [0.5, 0.6) is 0 Å². The highest BCUT2D eigenvalue weighted by Gasteiger charge is 2.06. The largest absolute Gasteiger partial charge is 0.212 e. The third-order valence-corrected chi connectivity index (χ3v) is 5.49. The molecular weight excluding hydrogens is 379 g/mol. The summed E-state index contributed by atoms with van der Waals surface area (Å²) >= 11 is 0. The molecule has 0 aromatic heterocycles. The maximum absolute atomic E-state index is 12.6. The molecule has 3 rings (SSSR count). The molecule has 0 fully saturated rings. The predicted octanol–water partition coefficient (Wildman–Crippen LogP) is 9.71. The first-order valence-electron chi connectivity index (χ1n) is 11.9. The third-order valence-electron chi connectivity index (χ3n) is 5.49. The number of hydrogen-bond donors (Lipinski definition) is 0. The SMILES string of the molecule is CC(C)C1=CCCC(F)=C1.CCc1cccc(C(C)C)c1.Cc1cccc(C(C)C)c1. The van der Waals surface area contributed by atoms with Crippen molar-refractivity contribution in [3.63, 3.8) is 0 Å². The molecule has 0 aliphatic heterocycles. The Balaban J connectivity index is 0.000000233.